The van der Waals surface area contributed by atoms with E-state index in [4.69, 9.17) is 5.11 Å². The van der Waals surface area contributed by atoms with Crippen LogP contribution in [0, 0.1) is 5.92 Å². The van der Waals surface area contributed by atoms with Crippen LogP contribution in [-0.4, -0.2) is 23.1 Å². The summed E-state index contributed by atoms with van der Waals surface area (Å²) in [6.07, 6.45) is 2.10. The van der Waals surface area contributed by atoms with Crippen LogP contribution in [-0.2, 0) is 14.3 Å². The third-order valence-electron chi connectivity index (χ3n) is 2.27. The SMILES string of the molecule is CCCCC(CC)C(=O)OC(=O)C(C)O. The van der Waals surface area contributed by atoms with E-state index in [-0.39, 0.29) is 5.92 Å². The van der Waals surface area contributed by atoms with Crippen LogP contribution >= 0.6 is 0 Å². The summed E-state index contributed by atoms with van der Waals surface area (Å²) >= 11 is 0. The second kappa shape index (κ2) is 7.40. The Morgan fingerprint density at radius 2 is 1.87 bits per heavy atom. The van der Waals surface area contributed by atoms with Gasteiger partial charge in [0.05, 0.1) is 5.92 Å². The number of rotatable bonds is 6. The monoisotopic (exact) mass is 216 g/mol. The molecule has 0 amide bonds. The van der Waals surface area contributed by atoms with Gasteiger partial charge in [-0.1, -0.05) is 26.7 Å². The smallest absolute Gasteiger partial charge is 0.342 e. The molecule has 0 aliphatic heterocycles. The molecule has 15 heavy (non-hydrogen) atoms. The molecule has 88 valence electrons. The fourth-order valence-electron chi connectivity index (χ4n) is 1.21. The number of ether oxygens (including phenoxy) is 1. The number of aliphatic hydroxyl groups excluding tert-OH is 1. The molecule has 1 N–H and O–H groups in total. The Morgan fingerprint density at radius 1 is 1.27 bits per heavy atom. The third kappa shape index (κ3) is 5.52. The average Bonchev–Trinajstić information content (AvgIpc) is 2.18. The van der Waals surface area contributed by atoms with Crippen LogP contribution in [0.5, 0.6) is 0 Å². The summed E-state index contributed by atoms with van der Waals surface area (Å²) < 4.78 is 4.53. The summed E-state index contributed by atoms with van der Waals surface area (Å²) in [7, 11) is 0. The van der Waals surface area contributed by atoms with Crippen LogP contribution < -0.4 is 0 Å². The van der Waals surface area contributed by atoms with E-state index < -0.39 is 18.0 Å². The second-order valence-corrected chi connectivity index (χ2v) is 3.66. The molecule has 0 aliphatic carbocycles. The zero-order chi connectivity index (χ0) is 11.8. The van der Waals surface area contributed by atoms with E-state index in [1.165, 1.54) is 6.92 Å². The average molecular weight is 216 g/mol. The van der Waals surface area contributed by atoms with E-state index in [2.05, 4.69) is 4.74 Å². The molecule has 0 bridgehead atoms. The maximum absolute atomic E-state index is 11.4. The summed E-state index contributed by atoms with van der Waals surface area (Å²) in [6, 6.07) is 0. The number of aliphatic hydroxyl groups is 1. The van der Waals surface area contributed by atoms with Gasteiger partial charge < -0.3 is 9.84 Å². The van der Waals surface area contributed by atoms with Gasteiger partial charge in [-0.3, -0.25) is 4.79 Å². The lowest BCUT2D eigenvalue weighted by molar-refractivity contribution is -0.168. The van der Waals surface area contributed by atoms with Crippen molar-refractivity contribution in [2.24, 2.45) is 5.92 Å². The van der Waals surface area contributed by atoms with Crippen molar-refractivity contribution in [2.75, 3.05) is 0 Å². The first kappa shape index (κ1) is 14.1. The molecule has 0 saturated carbocycles. The molecule has 0 aromatic carbocycles. The lowest BCUT2D eigenvalue weighted by Crippen LogP contribution is -2.27. The van der Waals surface area contributed by atoms with E-state index in [1.54, 1.807) is 0 Å². The molecule has 0 saturated heterocycles. The first-order chi connectivity index (χ1) is 7.02. The molecule has 0 fully saturated rings. The summed E-state index contributed by atoms with van der Waals surface area (Å²) in [5, 5.41) is 8.87. The van der Waals surface area contributed by atoms with Crippen LogP contribution in [0.3, 0.4) is 0 Å². The van der Waals surface area contributed by atoms with Crippen molar-refractivity contribution in [2.45, 2.75) is 52.6 Å². The minimum Gasteiger partial charge on any atom is -0.391 e. The second-order valence-electron chi connectivity index (χ2n) is 3.66. The fourth-order valence-corrected chi connectivity index (χ4v) is 1.21. The molecular weight excluding hydrogens is 196 g/mol. The summed E-state index contributed by atoms with van der Waals surface area (Å²) in [4.78, 5) is 22.4. The van der Waals surface area contributed by atoms with Crippen LogP contribution in [0.1, 0.15) is 46.5 Å². The van der Waals surface area contributed by atoms with Gasteiger partial charge in [0.1, 0.15) is 6.10 Å². The minimum atomic E-state index is -1.24. The third-order valence-corrected chi connectivity index (χ3v) is 2.27. The topological polar surface area (TPSA) is 63.6 Å². The van der Waals surface area contributed by atoms with Gasteiger partial charge in [-0.05, 0) is 19.8 Å². The molecule has 0 rings (SSSR count). The maximum Gasteiger partial charge on any atom is 0.342 e. The highest BCUT2D eigenvalue weighted by Gasteiger charge is 2.22. The molecule has 0 aromatic heterocycles. The first-order valence-electron chi connectivity index (χ1n) is 5.46. The lowest BCUT2D eigenvalue weighted by Gasteiger charge is -2.13. The Kier molecular flexibility index (Phi) is 6.96. The van der Waals surface area contributed by atoms with E-state index in [0.717, 1.165) is 19.3 Å². The highest BCUT2D eigenvalue weighted by Crippen LogP contribution is 2.14. The molecule has 0 aliphatic rings. The van der Waals surface area contributed by atoms with E-state index in [9.17, 15) is 9.59 Å². The van der Waals surface area contributed by atoms with Crippen LogP contribution in [0.15, 0.2) is 0 Å². The Morgan fingerprint density at radius 3 is 2.27 bits per heavy atom. The van der Waals surface area contributed by atoms with Crippen molar-refractivity contribution in [1.29, 1.82) is 0 Å². The van der Waals surface area contributed by atoms with Crippen molar-refractivity contribution >= 4 is 11.9 Å². The zero-order valence-corrected chi connectivity index (χ0v) is 9.66. The van der Waals surface area contributed by atoms with Gasteiger partial charge in [-0.15, -0.1) is 0 Å². The first-order valence-corrected chi connectivity index (χ1v) is 5.46. The van der Waals surface area contributed by atoms with Gasteiger partial charge in [-0.25, -0.2) is 4.79 Å². The molecular formula is C11H20O4. The summed E-state index contributed by atoms with van der Waals surface area (Å²) in [6.45, 7) is 5.20. The summed E-state index contributed by atoms with van der Waals surface area (Å²) in [5.41, 5.74) is 0. The van der Waals surface area contributed by atoms with Crippen LogP contribution in [0.2, 0.25) is 0 Å². The molecule has 4 heteroatoms. The van der Waals surface area contributed by atoms with E-state index >= 15 is 0 Å². The van der Waals surface area contributed by atoms with E-state index in [1.807, 2.05) is 13.8 Å². The Labute approximate surface area is 90.6 Å². The molecule has 0 aromatic rings. The number of carbonyl (C=O) groups excluding carboxylic acids is 2. The minimum absolute atomic E-state index is 0.229. The van der Waals surface area contributed by atoms with Crippen molar-refractivity contribution in [3.63, 3.8) is 0 Å². The highest BCUT2D eigenvalue weighted by molar-refractivity contribution is 5.88. The van der Waals surface area contributed by atoms with E-state index in [0.29, 0.717) is 6.42 Å². The largest absolute Gasteiger partial charge is 0.391 e. The van der Waals surface area contributed by atoms with Gasteiger partial charge in [0.2, 0.25) is 0 Å². The quantitative estimate of drug-likeness (QED) is 0.541. The molecule has 0 heterocycles. The van der Waals surface area contributed by atoms with Crippen LogP contribution in [0.4, 0.5) is 0 Å². The molecule has 0 spiro atoms. The predicted molar refractivity (Wildman–Crippen MR) is 56.1 cm³/mol. The van der Waals surface area contributed by atoms with Gasteiger partial charge in [0, 0.05) is 0 Å². The lowest BCUT2D eigenvalue weighted by atomic mass is 10.00. The number of unbranched alkanes of at least 4 members (excludes halogenated alkanes) is 1. The molecule has 4 nitrogen and oxygen atoms in total. The normalized spacial score (nSPS) is 14.4. The molecule has 0 radical (unpaired) electrons. The highest BCUT2D eigenvalue weighted by atomic mass is 16.6. The van der Waals surface area contributed by atoms with Crippen LogP contribution in [0.25, 0.3) is 0 Å². The number of hydrogen-bond donors (Lipinski definition) is 1. The Bertz CT molecular complexity index is 211. The zero-order valence-electron chi connectivity index (χ0n) is 9.66. The molecule has 2 unspecified atom stereocenters. The number of carbonyl (C=O) groups is 2. The maximum atomic E-state index is 11.4. The van der Waals surface area contributed by atoms with Crippen molar-refractivity contribution < 1.29 is 19.4 Å². The molecule has 2 atom stereocenters. The van der Waals surface area contributed by atoms with Gasteiger partial charge in [0.15, 0.2) is 0 Å². The van der Waals surface area contributed by atoms with Gasteiger partial charge in [0.25, 0.3) is 0 Å². The van der Waals surface area contributed by atoms with Crippen molar-refractivity contribution in [1.82, 2.24) is 0 Å². The van der Waals surface area contributed by atoms with Gasteiger partial charge in [-0.2, -0.15) is 0 Å². The van der Waals surface area contributed by atoms with Crippen molar-refractivity contribution in [3.05, 3.63) is 0 Å². The standard InChI is InChI=1S/C11H20O4/c1-4-6-7-9(5-2)11(14)15-10(13)8(3)12/h8-9,12H,4-7H2,1-3H3. The summed E-state index contributed by atoms with van der Waals surface area (Å²) in [5.74, 6) is -1.61. The van der Waals surface area contributed by atoms with Gasteiger partial charge >= 0.3 is 11.9 Å². The number of esters is 2. The van der Waals surface area contributed by atoms with Crippen molar-refractivity contribution in [3.8, 4) is 0 Å². The fraction of sp³-hybridized carbons (Fsp3) is 0.818. The Balaban J connectivity index is 4.09. The number of hydrogen-bond acceptors (Lipinski definition) is 4. The Hall–Kier alpha value is -0.900. The predicted octanol–water partition coefficient (Wildman–Crippen LogP) is 1.65.